The van der Waals surface area contributed by atoms with Gasteiger partial charge in [0.2, 0.25) is 17.7 Å². The molecule has 6 unspecified atom stereocenters. The van der Waals surface area contributed by atoms with Crippen LogP contribution in [0.25, 0.3) is 0 Å². The molecule has 7 N–H and O–H groups in total. The molecular formula is C25H40N4O6. The third-order valence-corrected chi connectivity index (χ3v) is 5.81. The summed E-state index contributed by atoms with van der Waals surface area (Å²) in [5.74, 6) is -3.50. The van der Waals surface area contributed by atoms with Gasteiger partial charge in [-0.1, -0.05) is 64.4 Å². The number of rotatable bonds is 14. The lowest BCUT2D eigenvalue weighted by Crippen LogP contribution is -2.61. The van der Waals surface area contributed by atoms with Crippen LogP contribution in [0.2, 0.25) is 0 Å². The molecule has 35 heavy (non-hydrogen) atoms. The monoisotopic (exact) mass is 492 g/mol. The van der Waals surface area contributed by atoms with E-state index in [9.17, 15) is 29.4 Å². The largest absolute Gasteiger partial charge is 0.480 e. The van der Waals surface area contributed by atoms with Crippen molar-refractivity contribution < 1.29 is 29.4 Å². The smallest absolute Gasteiger partial charge is 0.326 e. The summed E-state index contributed by atoms with van der Waals surface area (Å²) in [4.78, 5) is 50.2. The molecule has 3 amide bonds. The van der Waals surface area contributed by atoms with Crippen molar-refractivity contribution in [1.82, 2.24) is 16.0 Å². The van der Waals surface area contributed by atoms with Crippen molar-refractivity contribution >= 4 is 23.7 Å². The molecule has 1 aromatic carbocycles. The molecule has 1 aromatic rings. The summed E-state index contributed by atoms with van der Waals surface area (Å²) < 4.78 is 0. The Morgan fingerprint density at radius 2 is 1.43 bits per heavy atom. The first kappa shape index (κ1) is 30.1. The van der Waals surface area contributed by atoms with Crippen LogP contribution in [-0.4, -0.2) is 64.2 Å². The molecule has 0 spiro atoms. The summed E-state index contributed by atoms with van der Waals surface area (Å²) in [7, 11) is 0. The Balaban J connectivity index is 2.94. The lowest BCUT2D eigenvalue weighted by molar-refractivity contribution is -0.143. The van der Waals surface area contributed by atoms with Crippen LogP contribution >= 0.6 is 0 Å². The number of aliphatic carboxylic acids is 1. The number of benzene rings is 1. The summed E-state index contributed by atoms with van der Waals surface area (Å²) in [5, 5.41) is 27.2. The maximum absolute atomic E-state index is 13.0. The van der Waals surface area contributed by atoms with E-state index >= 15 is 0 Å². The summed E-state index contributed by atoms with van der Waals surface area (Å²) in [6.45, 7) is 8.60. The van der Waals surface area contributed by atoms with Crippen molar-refractivity contribution in [3.8, 4) is 0 Å². The second-order valence-electron chi connectivity index (χ2n) is 9.42. The van der Waals surface area contributed by atoms with E-state index in [2.05, 4.69) is 16.0 Å². The fourth-order valence-electron chi connectivity index (χ4n) is 3.53. The highest BCUT2D eigenvalue weighted by atomic mass is 16.4. The molecule has 6 atom stereocenters. The molecule has 0 bridgehead atoms. The number of aliphatic hydroxyl groups is 1. The van der Waals surface area contributed by atoms with Gasteiger partial charge in [-0.2, -0.15) is 0 Å². The quantitative estimate of drug-likeness (QED) is 0.220. The van der Waals surface area contributed by atoms with Gasteiger partial charge in [-0.25, -0.2) is 4.79 Å². The summed E-state index contributed by atoms with van der Waals surface area (Å²) in [6, 6.07) is 4.67. The van der Waals surface area contributed by atoms with Gasteiger partial charge in [-0.3, -0.25) is 14.4 Å². The van der Waals surface area contributed by atoms with E-state index < -0.39 is 54.0 Å². The summed E-state index contributed by atoms with van der Waals surface area (Å²) in [5.41, 5.74) is 6.84. The van der Waals surface area contributed by atoms with Crippen LogP contribution in [-0.2, 0) is 25.6 Å². The molecule has 0 aliphatic heterocycles. The number of carbonyl (C=O) groups excluding carboxylic acids is 3. The van der Waals surface area contributed by atoms with Crippen molar-refractivity contribution in [2.75, 3.05) is 0 Å². The highest BCUT2D eigenvalue weighted by Crippen LogP contribution is 2.12. The van der Waals surface area contributed by atoms with Crippen LogP contribution in [0, 0.1) is 11.8 Å². The molecule has 10 heteroatoms. The Kier molecular flexibility index (Phi) is 12.4. The maximum atomic E-state index is 13.0. The van der Waals surface area contributed by atoms with E-state index in [1.165, 1.54) is 6.92 Å². The molecule has 0 radical (unpaired) electrons. The van der Waals surface area contributed by atoms with E-state index in [0.717, 1.165) is 5.56 Å². The van der Waals surface area contributed by atoms with Gasteiger partial charge >= 0.3 is 5.97 Å². The molecule has 0 aromatic heterocycles. The van der Waals surface area contributed by atoms with E-state index in [4.69, 9.17) is 5.73 Å². The first-order valence-electron chi connectivity index (χ1n) is 12.0. The summed E-state index contributed by atoms with van der Waals surface area (Å²) in [6.07, 6.45) is -0.274. The van der Waals surface area contributed by atoms with Gasteiger partial charge in [0.15, 0.2) is 0 Å². The number of nitrogens with two attached hydrogens (primary N) is 1. The van der Waals surface area contributed by atoms with E-state index in [1.54, 1.807) is 6.92 Å². The van der Waals surface area contributed by atoms with Crippen LogP contribution < -0.4 is 21.7 Å². The molecule has 0 heterocycles. The molecule has 0 aliphatic carbocycles. The van der Waals surface area contributed by atoms with E-state index in [0.29, 0.717) is 6.42 Å². The predicted molar refractivity (Wildman–Crippen MR) is 132 cm³/mol. The van der Waals surface area contributed by atoms with Crippen molar-refractivity contribution in [2.45, 2.75) is 84.2 Å². The number of amides is 3. The fraction of sp³-hybridized carbons (Fsp3) is 0.600. The first-order valence-corrected chi connectivity index (χ1v) is 12.0. The fourth-order valence-corrected chi connectivity index (χ4v) is 3.53. The average molecular weight is 493 g/mol. The molecule has 0 saturated carbocycles. The molecule has 1 rings (SSSR count). The minimum absolute atomic E-state index is 0.0305. The van der Waals surface area contributed by atoms with E-state index in [-0.39, 0.29) is 24.7 Å². The normalized spacial score (nSPS) is 16.3. The number of nitrogens with one attached hydrogen (secondary N) is 3. The maximum Gasteiger partial charge on any atom is 0.326 e. The van der Waals surface area contributed by atoms with Crippen LogP contribution in [0.15, 0.2) is 30.3 Å². The number of hydrogen-bond donors (Lipinski definition) is 6. The highest BCUT2D eigenvalue weighted by molar-refractivity contribution is 5.94. The SMILES string of the molecule is CCC(C)C(NC(=O)C(NC(=O)C(N)Cc1ccccc1)C(C)O)C(=O)NC(CC(C)C)C(=O)O. The van der Waals surface area contributed by atoms with Crippen molar-refractivity contribution in [1.29, 1.82) is 0 Å². The van der Waals surface area contributed by atoms with Gasteiger partial charge in [0.25, 0.3) is 0 Å². The van der Waals surface area contributed by atoms with Crippen LogP contribution in [0.3, 0.4) is 0 Å². The average Bonchev–Trinajstić information content (AvgIpc) is 2.79. The minimum Gasteiger partial charge on any atom is -0.480 e. The second kappa shape index (κ2) is 14.4. The lowest BCUT2D eigenvalue weighted by atomic mass is 9.96. The zero-order valence-corrected chi connectivity index (χ0v) is 21.2. The zero-order chi connectivity index (χ0) is 26.7. The topological polar surface area (TPSA) is 171 Å². The van der Waals surface area contributed by atoms with Crippen molar-refractivity contribution in [2.24, 2.45) is 17.6 Å². The number of carboxylic acids is 1. The molecule has 0 fully saturated rings. The Hall–Kier alpha value is -2.98. The number of aliphatic hydroxyl groups excluding tert-OH is 1. The Labute approximate surface area is 207 Å². The highest BCUT2D eigenvalue weighted by Gasteiger charge is 2.34. The van der Waals surface area contributed by atoms with Crippen molar-refractivity contribution in [3.05, 3.63) is 35.9 Å². The molecule has 10 nitrogen and oxygen atoms in total. The predicted octanol–water partition coefficient (Wildman–Crippen LogP) is 0.568. The van der Waals surface area contributed by atoms with Crippen LogP contribution in [0.1, 0.15) is 53.0 Å². The number of hydrogen-bond acceptors (Lipinski definition) is 6. The van der Waals surface area contributed by atoms with Gasteiger partial charge in [-0.15, -0.1) is 0 Å². The molecule has 0 aliphatic rings. The second-order valence-corrected chi connectivity index (χ2v) is 9.42. The van der Waals surface area contributed by atoms with Gasteiger partial charge in [0, 0.05) is 0 Å². The third kappa shape index (κ3) is 10.0. The molecular weight excluding hydrogens is 452 g/mol. The zero-order valence-electron chi connectivity index (χ0n) is 21.2. The number of carbonyl (C=O) groups is 4. The van der Waals surface area contributed by atoms with Crippen LogP contribution in [0.4, 0.5) is 0 Å². The third-order valence-electron chi connectivity index (χ3n) is 5.81. The van der Waals surface area contributed by atoms with E-state index in [1.807, 2.05) is 51.1 Å². The molecule has 196 valence electrons. The van der Waals surface area contributed by atoms with Crippen LogP contribution in [0.5, 0.6) is 0 Å². The summed E-state index contributed by atoms with van der Waals surface area (Å²) >= 11 is 0. The van der Waals surface area contributed by atoms with Gasteiger partial charge < -0.3 is 31.9 Å². The van der Waals surface area contributed by atoms with Gasteiger partial charge in [0.1, 0.15) is 18.1 Å². The lowest BCUT2D eigenvalue weighted by Gasteiger charge is -2.29. The van der Waals surface area contributed by atoms with Gasteiger partial charge in [-0.05, 0) is 37.2 Å². The van der Waals surface area contributed by atoms with Gasteiger partial charge in [0.05, 0.1) is 12.1 Å². The Bertz CT molecular complexity index is 846. The van der Waals surface area contributed by atoms with Crippen molar-refractivity contribution in [3.63, 3.8) is 0 Å². The standard InChI is InChI=1S/C25H40N4O6/c1-6-15(4)20(23(32)27-19(25(34)35)12-14(2)3)28-24(33)21(16(5)30)29-22(31)18(26)13-17-10-8-7-9-11-17/h7-11,14-16,18-21,30H,6,12-13,26H2,1-5H3,(H,27,32)(H,28,33)(H,29,31)(H,34,35). The number of carboxylic acid groups (broad SMARTS) is 1. The molecule has 0 saturated heterocycles. The Morgan fingerprint density at radius 3 is 1.91 bits per heavy atom. The first-order chi connectivity index (χ1) is 16.4. The Morgan fingerprint density at radius 1 is 0.886 bits per heavy atom. The minimum atomic E-state index is -1.35.